The summed E-state index contributed by atoms with van der Waals surface area (Å²) in [5.74, 6) is -1.40. The maximum Gasteiger partial charge on any atom is 0.305 e. The van der Waals surface area contributed by atoms with Crippen molar-refractivity contribution in [2.45, 2.75) is 44.8 Å². The molecule has 4 rings (SSSR count). The highest BCUT2D eigenvalue weighted by Crippen LogP contribution is 2.34. The molecule has 0 amide bonds. The molecule has 44 heavy (non-hydrogen) atoms. The quantitative estimate of drug-likeness (QED) is 0.269. The maximum atomic E-state index is 13.9. The summed E-state index contributed by atoms with van der Waals surface area (Å²) in [6.45, 7) is 6.16. The van der Waals surface area contributed by atoms with Crippen molar-refractivity contribution in [3.63, 3.8) is 0 Å². The number of aliphatic hydroxyl groups is 2. The average molecular weight is 630 g/mol. The van der Waals surface area contributed by atoms with Crippen LogP contribution < -0.4 is 9.21 Å². The number of pyridine rings is 1. The topological polar surface area (TPSA) is 166 Å². The van der Waals surface area contributed by atoms with Gasteiger partial charge in [0.1, 0.15) is 11.6 Å². The van der Waals surface area contributed by atoms with Gasteiger partial charge >= 0.3 is 5.97 Å². The number of halogens is 1. The van der Waals surface area contributed by atoms with Crippen LogP contribution in [0.5, 0.6) is 0 Å². The number of carboxylic acid groups (broad SMARTS) is 1. The van der Waals surface area contributed by atoms with E-state index in [0.717, 1.165) is 10.6 Å². The van der Waals surface area contributed by atoms with Gasteiger partial charge in [0.05, 0.1) is 61.4 Å². The van der Waals surface area contributed by atoms with Crippen molar-refractivity contribution in [3.05, 3.63) is 65.7 Å². The molecule has 1 fully saturated rings. The smallest absolute Gasteiger partial charge is 0.305 e. The van der Waals surface area contributed by atoms with Crippen molar-refractivity contribution in [2.24, 2.45) is 0 Å². The molecule has 0 spiro atoms. The van der Waals surface area contributed by atoms with Crippen LogP contribution in [0.15, 0.2) is 48.7 Å². The standard InChI is InChI=1S/C30H36FN5O7S/c1-19(2)28-25(10-9-23(37)16-24(38)17-27(39)40)29(20-4-6-21(31)7-5-20)34-30(33-28)36(44(3,41)42)22-8-11-26(32-18-22)35-12-14-43-15-13-35/h4-11,18-19,23-24,37-38H,12-17H2,1-3H3,(H,39,40)/t23-,24-/m1/s1. The molecule has 0 bridgehead atoms. The fraction of sp³-hybridized carbons (Fsp3) is 0.400. The fourth-order valence-corrected chi connectivity index (χ4v) is 5.65. The molecule has 3 heterocycles. The number of aromatic nitrogens is 3. The van der Waals surface area contributed by atoms with Crippen LogP contribution in [-0.4, -0.2) is 89.4 Å². The number of aliphatic carboxylic acids is 1. The molecule has 0 unspecified atom stereocenters. The molecule has 14 heteroatoms. The Kier molecular flexibility index (Phi) is 10.6. The summed E-state index contributed by atoms with van der Waals surface area (Å²) < 4.78 is 46.7. The summed E-state index contributed by atoms with van der Waals surface area (Å²) in [5.41, 5.74) is 1.84. The van der Waals surface area contributed by atoms with Crippen molar-refractivity contribution in [2.75, 3.05) is 41.8 Å². The molecule has 1 aromatic carbocycles. The molecule has 0 radical (unpaired) electrons. The molecule has 2 atom stereocenters. The number of morpholine rings is 1. The summed E-state index contributed by atoms with van der Waals surface area (Å²) in [4.78, 5) is 26.7. The van der Waals surface area contributed by atoms with Gasteiger partial charge in [-0.3, -0.25) is 4.79 Å². The van der Waals surface area contributed by atoms with Crippen LogP contribution in [0.3, 0.4) is 0 Å². The third kappa shape index (κ3) is 8.34. The molecule has 3 N–H and O–H groups in total. The summed E-state index contributed by atoms with van der Waals surface area (Å²) in [6, 6.07) is 8.85. The second-order valence-electron chi connectivity index (χ2n) is 10.7. The minimum absolute atomic E-state index is 0.147. The number of rotatable bonds is 12. The average Bonchev–Trinajstić information content (AvgIpc) is 2.96. The van der Waals surface area contributed by atoms with E-state index in [9.17, 15) is 27.8 Å². The van der Waals surface area contributed by atoms with E-state index in [1.165, 1.54) is 36.5 Å². The number of ether oxygens (including phenoxy) is 1. The van der Waals surface area contributed by atoms with Crippen molar-refractivity contribution >= 4 is 39.5 Å². The predicted octanol–water partition coefficient (Wildman–Crippen LogP) is 3.34. The zero-order valence-corrected chi connectivity index (χ0v) is 25.5. The highest BCUT2D eigenvalue weighted by Gasteiger charge is 2.27. The summed E-state index contributed by atoms with van der Waals surface area (Å²) in [7, 11) is -3.98. The second kappa shape index (κ2) is 14.2. The van der Waals surface area contributed by atoms with E-state index in [1.54, 1.807) is 18.2 Å². The minimum Gasteiger partial charge on any atom is -0.481 e. The molecule has 12 nitrogen and oxygen atoms in total. The largest absolute Gasteiger partial charge is 0.481 e. The lowest BCUT2D eigenvalue weighted by Crippen LogP contribution is -2.36. The van der Waals surface area contributed by atoms with Crippen molar-refractivity contribution < 1.29 is 37.7 Å². The molecule has 236 valence electrons. The van der Waals surface area contributed by atoms with Gasteiger partial charge in [-0.05, 0) is 42.3 Å². The number of hydrogen-bond donors (Lipinski definition) is 3. The van der Waals surface area contributed by atoms with E-state index in [0.29, 0.717) is 48.9 Å². The van der Waals surface area contributed by atoms with Gasteiger partial charge in [-0.1, -0.05) is 26.0 Å². The fourth-order valence-electron chi connectivity index (χ4n) is 4.78. The highest BCUT2D eigenvalue weighted by atomic mass is 32.2. The van der Waals surface area contributed by atoms with E-state index >= 15 is 0 Å². The Morgan fingerprint density at radius 2 is 1.80 bits per heavy atom. The van der Waals surface area contributed by atoms with E-state index in [2.05, 4.69) is 15.0 Å². The first-order valence-electron chi connectivity index (χ1n) is 14.1. The van der Waals surface area contributed by atoms with E-state index in [-0.39, 0.29) is 29.7 Å². The predicted molar refractivity (Wildman–Crippen MR) is 164 cm³/mol. The molecule has 3 aromatic rings. The number of hydrogen-bond acceptors (Lipinski definition) is 10. The highest BCUT2D eigenvalue weighted by molar-refractivity contribution is 7.92. The number of sulfonamides is 1. The Morgan fingerprint density at radius 3 is 2.36 bits per heavy atom. The van der Waals surface area contributed by atoms with Crippen LogP contribution in [0.25, 0.3) is 17.3 Å². The molecule has 1 saturated heterocycles. The molecule has 1 aliphatic heterocycles. The summed E-state index contributed by atoms with van der Waals surface area (Å²) >= 11 is 0. The zero-order chi connectivity index (χ0) is 32.0. The Morgan fingerprint density at radius 1 is 1.11 bits per heavy atom. The normalized spacial score (nSPS) is 15.5. The lowest BCUT2D eigenvalue weighted by atomic mass is 9.97. The van der Waals surface area contributed by atoms with Crippen LogP contribution in [0, 0.1) is 5.82 Å². The van der Waals surface area contributed by atoms with E-state index in [1.807, 2.05) is 18.7 Å². The Hall–Kier alpha value is -3.98. The Balaban J connectivity index is 1.82. The number of carbonyl (C=O) groups is 1. The molecule has 2 aromatic heterocycles. The summed E-state index contributed by atoms with van der Waals surface area (Å²) in [6.07, 6.45) is 2.18. The van der Waals surface area contributed by atoms with Gasteiger partial charge in [-0.15, -0.1) is 0 Å². The van der Waals surface area contributed by atoms with Gasteiger partial charge in [0.15, 0.2) is 0 Å². The minimum atomic E-state index is -3.98. The zero-order valence-electron chi connectivity index (χ0n) is 24.7. The van der Waals surface area contributed by atoms with Crippen LogP contribution >= 0.6 is 0 Å². The van der Waals surface area contributed by atoms with Gasteiger partial charge in [-0.2, -0.15) is 0 Å². The van der Waals surface area contributed by atoms with E-state index < -0.39 is 40.4 Å². The molecule has 0 aliphatic carbocycles. The number of aliphatic hydroxyl groups excluding tert-OH is 2. The van der Waals surface area contributed by atoms with Gasteiger partial charge in [-0.25, -0.2) is 32.1 Å². The Bertz CT molecular complexity index is 1580. The van der Waals surface area contributed by atoms with Crippen LogP contribution in [0.4, 0.5) is 21.8 Å². The van der Waals surface area contributed by atoms with Gasteiger partial charge < -0.3 is 25.0 Å². The monoisotopic (exact) mass is 629 g/mol. The first-order valence-corrected chi connectivity index (χ1v) is 15.9. The first kappa shape index (κ1) is 32.9. The molecule has 1 aliphatic rings. The Labute approximate surface area is 255 Å². The van der Waals surface area contributed by atoms with Gasteiger partial charge in [0, 0.05) is 30.6 Å². The first-order chi connectivity index (χ1) is 20.8. The maximum absolute atomic E-state index is 13.9. The van der Waals surface area contributed by atoms with Gasteiger partial charge in [0.25, 0.3) is 0 Å². The van der Waals surface area contributed by atoms with E-state index in [4.69, 9.17) is 9.84 Å². The number of benzene rings is 1. The molecule has 0 saturated carbocycles. The van der Waals surface area contributed by atoms with Crippen molar-refractivity contribution in [1.82, 2.24) is 15.0 Å². The number of nitrogens with zero attached hydrogens (tertiary/aromatic N) is 5. The van der Waals surface area contributed by atoms with Crippen LogP contribution in [0.1, 0.15) is 43.9 Å². The number of anilines is 3. The third-order valence-electron chi connectivity index (χ3n) is 6.85. The van der Waals surface area contributed by atoms with Crippen molar-refractivity contribution in [1.29, 1.82) is 0 Å². The van der Waals surface area contributed by atoms with Gasteiger partial charge in [0.2, 0.25) is 16.0 Å². The molecular weight excluding hydrogens is 593 g/mol. The lowest BCUT2D eigenvalue weighted by molar-refractivity contribution is -0.139. The van der Waals surface area contributed by atoms with Crippen molar-refractivity contribution in [3.8, 4) is 11.3 Å². The van der Waals surface area contributed by atoms with Crippen LogP contribution in [0.2, 0.25) is 0 Å². The lowest BCUT2D eigenvalue weighted by Gasteiger charge is -2.28. The second-order valence-corrected chi connectivity index (χ2v) is 12.6. The summed E-state index contributed by atoms with van der Waals surface area (Å²) in [5, 5.41) is 29.4. The molecular formula is C30H36FN5O7S. The number of carboxylic acids is 1. The third-order valence-corrected chi connectivity index (χ3v) is 7.89. The SMILES string of the molecule is CC(C)c1nc(N(c2ccc(N3CCOCC3)nc2)S(C)(=O)=O)nc(-c2ccc(F)cc2)c1C=C[C@@H](O)C[C@@H](O)CC(=O)O. The van der Waals surface area contributed by atoms with Crippen LogP contribution in [-0.2, 0) is 19.6 Å².